The van der Waals surface area contributed by atoms with Crippen LogP contribution >= 0.6 is 0 Å². The lowest BCUT2D eigenvalue weighted by Gasteiger charge is -2.24. The van der Waals surface area contributed by atoms with Crippen molar-refractivity contribution in [1.29, 1.82) is 0 Å². The van der Waals surface area contributed by atoms with E-state index >= 15 is 0 Å². The molecule has 25 heavy (non-hydrogen) atoms. The molecule has 0 saturated heterocycles. The molecule has 2 N–H and O–H groups in total. The minimum Gasteiger partial charge on any atom is -0.481 e. The number of carbonyl (C=O) groups is 2. The normalized spacial score (nSPS) is 18.1. The highest BCUT2D eigenvalue weighted by Gasteiger charge is 2.23. The number of carboxylic acids is 1. The van der Waals surface area contributed by atoms with Crippen LogP contribution in [0.15, 0.2) is 30.3 Å². The van der Waals surface area contributed by atoms with Crippen molar-refractivity contribution in [3.05, 3.63) is 35.9 Å². The zero-order valence-electron chi connectivity index (χ0n) is 14.9. The highest BCUT2D eigenvalue weighted by Crippen LogP contribution is 2.22. The molecule has 0 aliphatic heterocycles. The SMILES string of the molecule is CC(OC1CCCCCC1)C(=O)NC(CCC(=O)O)c1ccccc1. The number of carbonyl (C=O) groups excluding carboxylic acids is 1. The third-order valence-electron chi connectivity index (χ3n) is 4.73. The second-order valence-electron chi connectivity index (χ2n) is 6.80. The van der Waals surface area contributed by atoms with Crippen LogP contribution in [-0.4, -0.2) is 29.2 Å². The van der Waals surface area contributed by atoms with Crippen LogP contribution in [0.2, 0.25) is 0 Å². The van der Waals surface area contributed by atoms with Gasteiger partial charge < -0.3 is 15.2 Å². The molecule has 0 heterocycles. The van der Waals surface area contributed by atoms with E-state index < -0.39 is 12.1 Å². The molecule has 2 rings (SSSR count). The first-order chi connectivity index (χ1) is 12.1. The van der Waals surface area contributed by atoms with Gasteiger partial charge in [-0.25, -0.2) is 0 Å². The Hall–Kier alpha value is -1.88. The van der Waals surface area contributed by atoms with Crippen molar-refractivity contribution < 1.29 is 19.4 Å². The average Bonchev–Trinajstić information content (AvgIpc) is 2.87. The maximum absolute atomic E-state index is 12.5. The lowest BCUT2D eigenvalue weighted by molar-refractivity contribution is -0.139. The topological polar surface area (TPSA) is 75.6 Å². The minimum atomic E-state index is -0.863. The molecule has 0 spiro atoms. The molecular weight excluding hydrogens is 318 g/mol. The van der Waals surface area contributed by atoms with Gasteiger partial charge in [-0.3, -0.25) is 9.59 Å². The van der Waals surface area contributed by atoms with Crippen molar-refractivity contribution in [2.45, 2.75) is 76.5 Å². The van der Waals surface area contributed by atoms with Gasteiger partial charge >= 0.3 is 5.97 Å². The van der Waals surface area contributed by atoms with E-state index in [1.54, 1.807) is 6.92 Å². The van der Waals surface area contributed by atoms with Crippen LogP contribution < -0.4 is 5.32 Å². The van der Waals surface area contributed by atoms with Crippen LogP contribution in [-0.2, 0) is 14.3 Å². The number of nitrogens with one attached hydrogen (secondary N) is 1. The molecule has 1 saturated carbocycles. The number of hydrogen-bond acceptors (Lipinski definition) is 3. The predicted molar refractivity (Wildman–Crippen MR) is 96.2 cm³/mol. The second-order valence-corrected chi connectivity index (χ2v) is 6.80. The number of aliphatic carboxylic acids is 1. The lowest BCUT2D eigenvalue weighted by Crippen LogP contribution is -2.39. The van der Waals surface area contributed by atoms with Crippen molar-refractivity contribution in [1.82, 2.24) is 5.32 Å². The van der Waals surface area contributed by atoms with E-state index in [0.717, 1.165) is 31.2 Å². The van der Waals surface area contributed by atoms with E-state index in [9.17, 15) is 9.59 Å². The highest BCUT2D eigenvalue weighted by molar-refractivity contribution is 5.81. The Kier molecular flexibility index (Phi) is 7.92. The van der Waals surface area contributed by atoms with Crippen molar-refractivity contribution >= 4 is 11.9 Å². The summed E-state index contributed by atoms with van der Waals surface area (Å²) in [6.07, 6.45) is 6.82. The minimum absolute atomic E-state index is 0.0116. The van der Waals surface area contributed by atoms with Gasteiger partial charge in [0.1, 0.15) is 6.10 Å². The molecule has 0 aromatic heterocycles. The van der Waals surface area contributed by atoms with Crippen LogP contribution in [0.5, 0.6) is 0 Å². The van der Waals surface area contributed by atoms with Crippen molar-refractivity contribution in [2.24, 2.45) is 0 Å². The fourth-order valence-electron chi connectivity index (χ4n) is 3.29. The first-order valence-corrected chi connectivity index (χ1v) is 9.29. The molecule has 1 fully saturated rings. The summed E-state index contributed by atoms with van der Waals surface area (Å²) < 4.78 is 5.97. The van der Waals surface area contributed by atoms with Crippen molar-refractivity contribution in [3.8, 4) is 0 Å². The number of carboxylic acid groups (broad SMARTS) is 1. The molecule has 5 heteroatoms. The molecule has 1 aromatic rings. The summed E-state index contributed by atoms with van der Waals surface area (Å²) in [4.78, 5) is 23.5. The Morgan fingerprint density at radius 2 is 1.80 bits per heavy atom. The summed E-state index contributed by atoms with van der Waals surface area (Å²) in [7, 11) is 0. The summed E-state index contributed by atoms with van der Waals surface area (Å²) in [5.41, 5.74) is 0.916. The maximum Gasteiger partial charge on any atom is 0.303 e. The monoisotopic (exact) mass is 347 g/mol. The number of hydrogen-bond donors (Lipinski definition) is 2. The summed E-state index contributed by atoms with van der Waals surface area (Å²) in [6.45, 7) is 1.78. The molecular formula is C20H29NO4. The third-order valence-corrected chi connectivity index (χ3v) is 4.73. The summed E-state index contributed by atoms with van der Waals surface area (Å²) in [5, 5.41) is 11.9. The van der Waals surface area contributed by atoms with Crippen molar-refractivity contribution in [3.63, 3.8) is 0 Å². The van der Waals surface area contributed by atoms with E-state index in [0.29, 0.717) is 6.42 Å². The number of rotatable bonds is 8. The molecule has 138 valence electrons. The van der Waals surface area contributed by atoms with Crippen LogP contribution in [0.25, 0.3) is 0 Å². The Bertz CT molecular complexity index is 538. The molecule has 0 radical (unpaired) electrons. The van der Waals surface area contributed by atoms with Gasteiger partial charge in [0.2, 0.25) is 5.91 Å². The fourth-order valence-corrected chi connectivity index (χ4v) is 3.29. The molecule has 2 atom stereocenters. The largest absolute Gasteiger partial charge is 0.481 e. The summed E-state index contributed by atoms with van der Waals surface area (Å²) in [5.74, 6) is -1.04. The zero-order valence-corrected chi connectivity index (χ0v) is 14.9. The van der Waals surface area contributed by atoms with Gasteiger partial charge in [0.25, 0.3) is 0 Å². The van der Waals surface area contributed by atoms with E-state index in [2.05, 4.69) is 5.32 Å². The van der Waals surface area contributed by atoms with Gasteiger partial charge in [0, 0.05) is 6.42 Å². The Labute approximate surface area is 149 Å². The lowest BCUT2D eigenvalue weighted by atomic mass is 10.0. The maximum atomic E-state index is 12.5. The van der Waals surface area contributed by atoms with Gasteiger partial charge in [-0.05, 0) is 31.7 Å². The Morgan fingerprint density at radius 3 is 2.40 bits per heavy atom. The molecule has 1 amide bonds. The van der Waals surface area contributed by atoms with Crippen LogP contribution in [0.3, 0.4) is 0 Å². The molecule has 1 aliphatic carbocycles. The Balaban J connectivity index is 1.93. The summed E-state index contributed by atoms with van der Waals surface area (Å²) in [6, 6.07) is 9.18. The van der Waals surface area contributed by atoms with Gasteiger partial charge in [0.15, 0.2) is 0 Å². The number of amides is 1. The molecule has 5 nitrogen and oxygen atoms in total. The van der Waals surface area contributed by atoms with Gasteiger partial charge in [-0.2, -0.15) is 0 Å². The van der Waals surface area contributed by atoms with E-state index in [1.165, 1.54) is 12.8 Å². The standard InChI is InChI=1S/C20H29NO4/c1-15(25-17-11-7-2-3-8-12-17)20(24)21-18(13-14-19(22)23)16-9-5-4-6-10-16/h4-6,9-10,15,17-18H,2-3,7-8,11-14H2,1H3,(H,21,24)(H,22,23). The van der Waals surface area contributed by atoms with Crippen LogP contribution in [0, 0.1) is 0 Å². The summed E-state index contributed by atoms with van der Waals surface area (Å²) >= 11 is 0. The van der Waals surface area contributed by atoms with E-state index in [-0.39, 0.29) is 24.5 Å². The van der Waals surface area contributed by atoms with Gasteiger partial charge in [0.05, 0.1) is 12.1 Å². The van der Waals surface area contributed by atoms with Crippen LogP contribution in [0.1, 0.15) is 69.9 Å². The van der Waals surface area contributed by atoms with Crippen molar-refractivity contribution in [2.75, 3.05) is 0 Å². The zero-order chi connectivity index (χ0) is 18.1. The van der Waals surface area contributed by atoms with Gasteiger partial charge in [-0.1, -0.05) is 56.0 Å². The number of benzene rings is 1. The molecule has 1 aromatic carbocycles. The number of ether oxygens (including phenoxy) is 1. The predicted octanol–water partition coefficient (Wildman–Crippen LogP) is 3.84. The Morgan fingerprint density at radius 1 is 1.16 bits per heavy atom. The van der Waals surface area contributed by atoms with E-state index in [1.807, 2.05) is 30.3 Å². The average molecular weight is 347 g/mol. The molecule has 1 aliphatic rings. The third kappa shape index (κ3) is 6.86. The fraction of sp³-hybridized carbons (Fsp3) is 0.600. The van der Waals surface area contributed by atoms with Crippen LogP contribution in [0.4, 0.5) is 0 Å². The smallest absolute Gasteiger partial charge is 0.303 e. The first-order valence-electron chi connectivity index (χ1n) is 9.29. The first kappa shape index (κ1) is 19.4. The molecule has 2 unspecified atom stereocenters. The molecule has 0 bridgehead atoms. The highest BCUT2D eigenvalue weighted by atomic mass is 16.5. The quantitative estimate of drug-likeness (QED) is 0.701. The van der Waals surface area contributed by atoms with E-state index in [4.69, 9.17) is 9.84 Å². The second kappa shape index (κ2) is 10.2. The van der Waals surface area contributed by atoms with Gasteiger partial charge in [-0.15, -0.1) is 0 Å².